The Bertz CT molecular complexity index is 939. The normalized spacial score (nSPS) is 12.2. The number of carboxylic acid groups (broad SMARTS) is 1. The Morgan fingerprint density at radius 1 is 1.08 bits per heavy atom. The Labute approximate surface area is 147 Å². The van der Waals surface area contributed by atoms with E-state index in [1.807, 2.05) is 0 Å². The molecule has 6 nitrogen and oxygen atoms in total. The van der Waals surface area contributed by atoms with Crippen LogP contribution in [0.2, 0.25) is 0 Å². The number of ether oxygens (including phenoxy) is 1. The van der Waals surface area contributed by atoms with E-state index in [9.17, 15) is 31.5 Å². The smallest absolute Gasteiger partial charge is 0.478 e. The van der Waals surface area contributed by atoms with Gasteiger partial charge in [-0.2, -0.15) is 0 Å². The summed E-state index contributed by atoms with van der Waals surface area (Å²) in [7, 11) is -1.36. The number of aromatic carboxylic acids is 1. The lowest BCUT2D eigenvalue weighted by atomic mass is 9.99. The van der Waals surface area contributed by atoms with Crippen molar-refractivity contribution in [2.75, 3.05) is 14.1 Å². The third-order valence-corrected chi connectivity index (χ3v) is 5.21. The number of carbonyl (C=O) groups is 1. The maximum Gasteiger partial charge on any atom is 0.573 e. The van der Waals surface area contributed by atoms with Crippen molar-refractivity contribution >= 4 is 16.0 Å². The minimum atomic E-state index is -4.96. The van der Waals surface area contributed by atoms with Gasteiger partial charge in [-0.25, -0.2) is 17.5 Å². The van der Waals surface area contributed by atoms with E-state index < -0.39 is 33.7 Å². The lowest BCUT2D eigenvalue weighted by Gasteiger charge is -2.16. The number of halogens is 3. The summed E-state index contributed by atoms with van der Waals surface area (Å²) >= 11 is 0. The fourth-order valence-corrected chi connectivity index (χ4v) is 3.14. The summed E-state index contributed by atoms with van der Waals surface area (Å²) in [5.41, 5.74) is -0.697. The summed E-state index contributed by atoms with van der Waals surface area (Å²) < 4.78 is 66.9. The molecule has 0 atom stereocenters. The number of benzene rings is 2. The van der Waals surface area contributed by atoms with E-state index >= 15 is 0 Å². The molecule has 0 aromatic heterocycles. The van der Waals surface area contributed by atoms with E-state index in [2.05, 4.69) is 4.74 Å². The van der Waals surface area contributed by atoms with Gasteiger partial charge in [-0.3, -0.25) is 0 Å². The van der Waals surface area contributed by atoms with Crippen LogP contribution in [0, 0.1) is 0 Å². The summed E-state index contributed by atoms with van der Waals surface area (Å²) in [6.45, 7) is 0. The third-order valence-electron chi connectivity index (χ3n) is 3.40. The second-order valence-electron chi connectivity index (χ2n) is 5.34. The van der Waals surface area contributed by atoms with Gasteiger partial charge in [0.25, 0.3) is 0 Å². The van der Waals surface area contributed by atoms with E-state index in [0.29, 0.717) is 0 Å². The number of para-hydroxylation sites is 1. The van der Waals surface area contributed by atoms with Gasteiger partial charge in [-0.1, -0.05) is 24.3 Å². The Balaban J connectivity index is 2.67. The molecule has 0 aliphatic rings. The molecule has 2 aromatic rings. The molecular weight excluding hydrogens is 375 g/mol. The van der Waals surface area contributed by atoms with Gasteiger partial charge < -0.3 is 9.84 Å². The SMILES string of the molecule is CN(C)S(=O)(=O)c1ccc(-c2ccccc2OC(F)(F)F)c(C(=O)O)c1. The molecule has 0 radical (unpaired) electrons. The number of carboxylic acids is 1. The molecule has 140 valence electrons. The molecule has 0 aliphatic carbocycles. The molecular formula is C16H14F3NO5S. The van der Waals surface area contributed by atoms with Gasteiger partial charge in [0.05, 0.1) is 10.5 Å². The molecule has 0 saturated carbocycles. The van der Waals surface area contributed by atoms with E-state index in [1.165, 1.54) is 32.3 Å². The summed E-state index contributed by atoms with van der Waals surface area (Å²) in [5, 5.41) is 9.41. The highest BCUT2D eigenvalue weighted by Gasteiger charge is 2.32. The number of nitrogens with zero attached hydrogens (tertiary/aromatic N) is 1. The Hall–Kier alpha value is -2.59. The predicted octanol–water partition coefficient (Wildman–Crippen LogP) is 3.20. The number of hydrogen-bond donors (Lipinski definition) is 1. The van der Waals surface area contributed by atoms with Crippen molar-refractivity contribution in [1.29, 1.82) is 0 Å². The average molecular weight is 389 g/mol. The second kappa shape index (κ2) is 6.96. The lowest BCUT2D eigenvalue weighted by molar-refractivity contribution is -0.274. The lowest BCUT2D eigenvalue weighted by Crippen LogP contribution is -2.22. The van der Waals surface area contributed by atoms with E-state index in [0.717, 1.165) is 28.6 Å². The molecule has 2 aromatic carbocycles. The third kappa shape index (κ3) is 4.14. The molecule has 0 fully saturated rings. The zero-order valence-electron chi connectivity index (χ0n) is 13.6. The standard InChI is InChI=1S/C16H14F3NO5S/c1-20(2)26(23,24)10-7-8-11(13(9-10)15(21)22)12-5-3-4-6-14(12)25-16(17,18)19/h3-9H,1-2H3,(H,21,22). The maximum atomic E-state index is 12.6. The molecule has 0 bridgehead atoms. The van der Waals surface area contributed by atoms with Crippen LogP contribution in [0.5, 0.6) is 5.75 Å². The van der Waals surface area contributed by atoms with Gasteiger partial charge in [0, 0.05) is 19.7 Å². The highest BCUT2D eigenvalue weighted by Crippen LogP contribution is 2.36. The summed E-state index contributed by atoms with van der Waals surface area (Å²) in [5.74, 6) is -2.08. The number of sulfonamides is 1. The van der Waals surface area contributed by atoms with Gasteiger partial charge in [-0.15, -0.1) is 13.2 Å². The Kier molecular flexibility index (Phi) is 5.28. The monoisotopic (exact) mass is 389 g/mol. The average Bonchev–Trinajstić information content (AvgIpc) is 2.53. The first-order chi connectivity index (χ1) is 11.9. The van der Waals surface area contributed by atoms with Crippen molar-refractivity contribution < 1.29 is 36.2 Å². The molecule has 0 unspecified atom stereocenters. The molecule has 0 spiro atoms. The Morgan fingerprint density at radius 3 is 2.23 bits per heavy atom. The first-order valence-electron chi connectivity index (χ1n) is 7.08. The first kappa shape index (κ1) is 19.7. The summed E-state index contributed by atoms with van der Waals surface area (Å²) in [6, 6.07) is 8.17. The number of rotatable bonds is 5. The van der Waals surface area contributed by atoms with Crippen molar-refractivity contribution in [1.82, 2.24) is 4.31 Å². The first-order valence-corrected chi connectivity index (χ1v) is 8.52. The van der Waals surface area contributed by atoms with Gasteiger partial charge in [-0.05, 0) is 23.8 Å². The van der Waals surface area contributed by atoms with Crippen LogP contribution in [-0.2, 0) is 10.0 Å². The largest absolute Gasteiger partial charge is 0.573 e. The van der Waals surface area contributed by atoms with Gasteiger partial charge in [0.15, 0.2) is 0 Å². The minimum absolute atomic E-state index is 0.102. The minimum Gasteiger partial charge on any atom is -0.478 e. The molecule has 26 heavy (non-hydrogen) atoms. The van der Waals surface area contributed by atoms with Crippen LogP contribution in [0.15, 0.2) is 47.4 Å². The zero-order chi connectivity index (χ0) is 19.7. The van der Waals surface area contributed by atoms with Crippen LogP contribution in [0.1, 0.15) is 10.4 Å². The topological polar surface area (TPSA) is 83.9 Å². The van der Waals surface area contributed by atoms with E-state index in [4.69, 9.17) is 0 Å². The quantitative estimate of drug-likeness (QED) is 0.849. The molecule has 0 saturated heterocycles. The maximum absolute atomic E-state index is 12.6. The van der Waals surface area contributed by atoms with Crippen LogP contribution in [0.25, 0.3) is 11.1 Å². The van der Waals surface area contributed by atoms with Crippen molar-refractivity contribution in [3.63, 3.8) is 0 Å². The van der Waals surface area contributed by atoms with Crippen LogP contribution in [0.3, 0.4) is 0 Å². The van der Waals surface area contributed by atoms with Gasteiger partial charge in [0.1, 0.15) is 5.75 Å². The number of alkyl halides is 3. The van der Waals surface area contributed by atoms with Crippen LogP contribution < -0.4 is 4.74 Å². The fourth-order valence-electron chi connectivity index (χ4n) is 2.21. The highest BCUT2D eigenvalue weighted by atomic mass is 32.2. The summed E-state index contributed by atoms with van der Waals surface area (Å²) in [6.07, 6.45) is -4.96. The van der Waals surface area contributed by atoms with E-state index in [-0.39, 0.29) is 16.0 Å². The molecule has 10 heteroatoms. The number of hydrogen-bond acceptors (Lipinski definition) is 4. The van der Waals surface area contributed by atoms with Crippen molar-refractivity contribution in [3.8, 4) is 16.9 Å². The van der Waals surface area contributed by atoms with Crippen molar-refractivity contribution in [2.24, 2.45) is 0 Å². The molecule has 1 N–H and O–H groups in total. The van der Waals surface area contributed by atoms with Crippen LogP contribution in [0.4, 0.5) is 13.2 Å². The van der Waals surface area contributed by atoms with Crippen molar-refractivity contribution in [3.05, 3.63) is 48.0 Å². The second-order valence-corrected chi connectivity index (χ2v) is 7.50. The molecule has 2 rings (SSSR count). The van der Waals surface area contributed by atoms with E-state index in [1.54, 1.807) is 0 Å². The highest BCUT2D eigenvalue weighted by molar-refractivity contribution is 7.89. The summed E-state index contributed by atoms with van der Waals surface area (Å²) in [4.78, 5) is 11.3. The molecule has 0 heterocycles. The zero-order valence-corrected chi connectivity index (χ0v) is 14.4. The van der Waals surface area contributed by atoms with Crippen LogP contribution >= 0.6 is 0 Å². The van der Waals surface area contributed by atoms with Crippen molar-refractivity contribution in [2.45, 2.75) is 11.3 Å². The van der Waals surface area contributed by atoms with Gasteiger partial charge >= 0.3 is 12.3 Å². The van der Waals surface area contributed by atoms with Gasteiger partial charge in [0.2, 0.25) is 10.0 Å². The molecule has 0 aliphatic heterocycles. The predicted molar refractivity (Wildman–Crippen MR) is 86.4 cm³/mol. The van der Waals surface area contributed by atoms with Crippen LogP contribution in [-0.4, -0.2) is 44.3 Å². The molecule has 0 amide bonds. The Morgan fingerprint density at radius 2 is 1.69 bits per heavy atom. The fraction of sp³-hybridized carbons (Fsp3) is 0.188.